The summed E-state index contributed by atoms with van der Waals surface area (Å²) >= 11 is 0. The van der Waals surface area contributed by atoms with E-state index in [2.05, 4.69) is 38.0 Å². The molecule has 1 N–H and O–H groups in total. The van der Waals surface area contributed by atoms with Crippen LogP contribution in [0, 0.1) is 11.8 Å². The van der Waals surface area contributed by atoms with Crippen LogP contribution in [0.3, 0.4) is 0 Å². The molecule has 1 saturated carbocycles. The standard InChI is InChI=1S/C17H36N2/c1-5-15(6-2)13-19(7-3)14-17(18-4)16-11-9-8-10-12-16/h15-18H,5-14H2,1-4H3. The van der Waals surface area contributed by atoms with Crippen LogP contribution in [0.15, 0.2) is 0 Å². The van der Waals surface area contributed by atoms with Gasteiger partial charge in [0.15, 0.2) is 0 Å². The number of likely N-dealkylation sites (N-methyl/N-ethyl adjacent to an activating group) is 2. The van der Waals surface area contributed by atoms with E-state index in [4.69, 9.17) is 0 Å². The second kappa shape index (κ2) is 9.77. The van der Waals surface area contributed by atoms with E-state index in [-0.39, 0.29) is 0 Å². The van der Waals surface area contributed by atoms with Crippen molar-refractivity contribution in [3.63, 3.8) is 0 Å². The van der Waals surface area contributed by atoms with Gasteiger partial charge in [-0.15, -0.1) is 0 Å². The third-order valence-corrected chi connectivity index (χ3v) is 5.16. The Hall–Kier alpha value is -0.0800. The van der Waals surface area contributed by atoms with Crippen LogP contribution in [0.5, 0.6) is 0 Å². The Morgan fingerprint density at radius 3 is 2.11 bits per heavy atom. The van der Waals surface area contributed by atoms with E-state index < -0.39 is 0 Å². The van der Waals surface area contributed by atoms with Gasteiger partial charge in [0.1, 0.15) is 0 Å². The van der Waals surface area contributed by atoms with E-state index >= 15 is 0 Å². The maximum atomic E-state index is 3.60. The Kier molecular flexibility index (Phi) is 8.72. The summed E-state index contributed by atoms with van der Waals surface area (Å²) in [6.07, 6.45) is 9.87. The fraction of sp³-hybridized carbons (Fsp3) is 1.00. The molecule has 0 radical (unpaired) electrons. The molecule has 1 aliphatic carbocycles. The Balaban J connectivity index is 2.45. The lowest BCUT2D eigenvalue weighted by Gasteiger charge is -2.35. The van der Waals surface area contributed by atoms with Gasteiger partial charge in [0.05, 0.1) is 0 Å². The summed E-state index contributed by atoms with van der Waals surface area (Å²) in [5.74, 6) is 1.79. The molecule has 0 aromatic heterocycles. The summed E-state index contributed by atoms with van der Waals surface area (Å²) in [6, 6.07) is 0.703. The van der Waals surface area contributed by atoms with Crippen molar-refractivity contribution in [2.24, 2.45) is 11.8 Å². The second-order valence-corrected chi connectivity index (χ2v) is 6.33. The minimum Gasteiger partial charge on any atom is -0.315 e. The highest BCUT2D eigenvalue weighted by Gasteiger charge is 2.24. The van der Waals surface area contributed by atoms with Gasteiger partial charge in [-0.05, 0) is 38.3 Å². The SMILES string of the molecule is CCC(CC)CN(CC)CC(NC)C1CCCCC1. The summed E-state index contributed by atoms with van der Waals surface area (Å²) < 4.78 is 0. The minimum atomic E-state index is 0.703. The van der Waals surface area contributed by atoms with Gasteiger partial charge in [-0.2, -0.15) is 0 Å². The van der Waals surface area contributed by atoms with Gasteiger partial charge in [-0.1, -0.05) is 52.9 Å². The molecule has 0 aromatic rings. The largest absolute Gasteiger partial charge is 0.315 e. The Morgan fingerprint density at radius 1 is 1.00 bits per heavy atom. The molecular formula is C17H36N2. The first kappa shape index (κ1) is 17.0. The first-order valence-electron chi connectivity index (χ1n) is 8.64. The third kappa shape index (κ3) is 5.83. The zero-order valence-corrected chi connectivity index (χ0v) is 13.8. The third-order valence-electron chi connectivity index (χ3n) is 5.16. The van der Waals surface area contributed by atoms with Gasteiger partial charge >= 0.3 is 0 Å². The smallest absolute Gasteiger partial charge is 0.0220 e. The van der Waals surface area contributed by atoms with Crippen LogP contribution in [0.4, 0.5) is 0 Å². The van der Waals surface area contributed by atoms with Crippen molar-refractivity contribution in [2.75, 3.05) is 26.7 Å². The van der Waals surface area contributed by atoms with Gasteiger partial charge in [-0.3, -0.25) is 0 Å². The Labute approximate surface area is 121 Å². The van der Waals surface area contributed by atoms with Crippen LogP contribution in [0.1, 0.15) is 65.7 Å². The predicted molar refractivity (Wildman–Crippen MR) is 85.6 cm³/mol. The molecule has 19 heavy (non-hydrogen) atoms. The summed E-state index contributed by atoms with van der Waals surface area (Å²) in [6.45, 7) is 10.7. The van der Waals surface area contributed by atoms with Crippen LogP contribution in [0.2, 0.25) is 0 Å². The van der Waals surface area contributed by atoms with Crippen molar-refractivity contribution >= 4 is 0 Å². The second-order valence-electron chi connectivity index (χ2n) is 6.33. The molecule has 0 spiro atoms. The van der Waals surface area contributed by atoms with Crippen molar-refractivity contribution in [3.8, 4) is 0 Å². The van der Waals surface area contributed by atoms with E-state index in [0.717, 1.165) is 11.8 Å². The molecule has 1 rings (SSSR count). The zero-order valence-electron chi connectivity index (χ0n) is 13.8. The van der Waals surface area contributed by atoms with Crippen molar-refractivity contribution in [1.82, 2.24) is 10.2 Å². The molecule has 2 heteroatoms. The lowest BCUT2D eigenvalue weighted by Crippen LogP contribution is -2.46. The van der Waals surface area contributed by atoms with Gasteiger partial charge in [0.2, 0.25) is 0 Å². The highest BCUT2D eigenvalue weighted by Crippen LogP contribution is 2.27. The molecule has 0 saturated heterocycles. The molecule has 114 valence electrons. The normalized spacial score (nSPS) is 19.3. The summed E-state index contributed by atoms with van der Waals surface area (Å²) in [5, 5.41) is 3.60. The minimum absolute atomic E-state index is 0.703. The van der Waals surface area contributed by atoms with Crippen molar-refractivity contribution in [3.05, 3.63) is 0 Å². The predicted octanol–water partition coefficient (Wildman–Crippen LogP) is 3.91. The number of hydrogen-bond donors (Lipinski definition) is 1. The van der Waals surface area contributed by atoms with E-state index in [1.165, 1.54) is 64.6 Å². The van der Waals surface area contributed by atoms with Crippen LogP contribution in [-0.2, 0) is 0 Å². The molecule has 1 unspecified atom stereocenters. The number of rotatable bonds is 9. The van der Waals surface area contributed by atoms with Crippen molar-refractivity contribution in [1.29, 1.82) is 0 Å². The first-order chi connectivity index (χ1) is 9.24. The molecular weight excluding hydrogens is 232 g/mol. The van der Waals surface area contributed by atoms with Gasteiger partial charge < -0.3 is 10.2 Å². The van der Waals surface area contributed by atoms with E-state index in [0.29, 0.717) is 6.04 Å². The Bertz CT molecular complexity index is 207. The fourth-order valence-electron chi connectivity index (χ4n) is 3.54. The lowest BCUT2D eigenvalue weighted by atomic mass is 9.83. The van der Waals surface area contributed by atoms with Crippen LogP contribution in [0.25, 0.3) is 0 Å². The highest BCUT2D eigenvalue weighted by atomic mass is 15.1. The summed E-state index contributed by atoms with van der Waals surface area (Å²) in [4.78, 5) is 2.67. The topological polar surface area (TPSA) is 15.3 Å². The molecule has 0 aliphatic heterocycles. The summed E-state index contributed by atoms with van der Waals surface area (Å²) in [7, 11) is 2.16. The molecule has 0 amide bonds. The average Bonchev–Trinajstić information content (AvgIpc) is 2.48. The van der Waals surface area contributed by atoms with E-state index in [1.54, 1.807) is 0 Å². The van der Waals surface area contributed by atoms with Crippen LogP contribution >= 0.6 is 0 Å². The van der Waals surface area contributed by atoms with Crippen molar-refractivity contribution < 1.29 is 0 Å². The molecule has 0 heterocycles. The maximum absolute atomic E-state index is 3.60. The van der Waals surface area contributed by atoms with Gasteiger partial charge in [0.25, 0.3) is 0 Å². The summed E-state index contributed by atoms with van der Waals surface area (Å²) in [5.41, 5.74) is 0. The Morgan fingerprint density at radius 2 is 1.63 bits per heavy atom. The van der Waals surface area contributed by atoms with E-state index in [1.807, 2.05) is 0 Å². The number of nitrogens with one attached hydrogen (secondary N) is 1. The molecule has 0 aromatic carbocycles. The number of nitrogens with zero attached hydrogens (tertiary/aromatic N) is 1. The molecule has 0 bridgehead atoms. The first-order valence-corrected chi connectivity index (χ1v) is 8.64. The van der Waals surface area contributed by atoms with Gasteiger partial charge in [0, 0.05) is 19.1 Å². The molecule has 1 atom stereocenters. The quantitative estimate of drug-likeness (QED) is 0.682. The van der Waals surface area contributed by atoms with E-state index in [9.17, 15) is 0 Å². The zero-order chi connectivity index (χ0) is 14.1. The molecule has 1 aliphatic rings. The number of hydrogen-bond acceptors (Lipinski definition) is 2. The molecule has 1 fully saturated rings. The van der Waals surface area contributed by atoms with Crippen LogP contribution in [-0.4, -0.2) is 37.6 Å². The van der Waals surface area contributed by atoms with Crippen LogP contribution < -0.4 is 5.32 Å². The monoisotopic (exact) mass is 268 g/mol. The van der Waals surface area contributed by atoms with Gasteiger partial charge in [-0.25, -0.2) is 0 Å². The average molecular weight is 268 g/mol. The lowest BCUT2D eigenvalue weighted by molar-refractivity contribution is 0.172. The van der Waals surface area contributed by atoms with Crippen molar-refractivity contribution in [2.45, 2.75) is 71.8 Å². The highest BCUT2D eigenvalue weighted by molar-refractivity contribution is 4.81. The maximum Gasteiger partial charge on any atom is 0.0220 e. The fourth-order valence-corrected chi connectivity index (χ4v) is 3.54. The molecule has 2 nitrogen and oxygen atoms in total.